The largest absolute Gasteiger partial charge is 0.481 e. The molecule has 0 aliphatic carbocycles. The molecule has 114 valence electrons. The summed E-state index contributed by atoms with van der Waals surface area (Å²) in [5, 5.41) is 12.8. The van der Waals surface area contributed by atoms with Gasteiger partial charge in [0.2, 0.25) is 0 Å². The summed E-state index contributed by atoms with van der Waals surface area (Å²) in [6.07, 6.45) is 1.50. The van der Waals surface area contributed by atoms with Gasteiger partial charge in [-0.1, -0.05) is 0 Å². The number of aliphatic carboxylic acids is 1. The van der Waals surface area contributed by atoms with Crippen LogP contribution in [-0.4, -0.2) is 53.3 Å². The Morgan fingerprint density at radius 3 is 2.65 bits per heavy atom. The zero-order chi connectivity index (χ0) is 15.0. The van der Waals surface area contributed by atoms with E-state index in [0.717, 1.165) is 0 Å². The van der Waals surface area contributed by atoms with E-state index in [1.807, 2.05) is 20.8 Å². The molecule has 0 aromatic heterocycles. The van der Waals surface area contributed by atoms with Crippen molar-refractivity contribution in [3.8, 4) is 0 Å². The summed E-state index contributed by atoms with van der Waals surface area (Å²) in [4.78, 5) is 25.7. The number of ether oxygens (including phenoxy) is 1. The van der Waals surface area contributed by atoms with E-state index in [-0.39, 0.29) is 6.04 Å². The van der Waals surface area contributed by atoms with E-state index < -0.39 is 23.1 Å². The summed E-state index contributed by atoms with van der Waals surface area (Å²) in [5.74, 6) is -0.794. The van der Waals surface area contributed by atoms with Crippen LogP contribution < -0.4 is 5.32 Å². The third-order valence-electron chi connectivity index (χ3n) is 4.18. The van der Waals surface area contributed by atoms with Crippen molar-refractivity contribution in [3.05, 3.63) is 0 Å². The zero-order valence-corrected chi connectivity index (χ0v) is 12.4. The number of nitrogens with one attached hydrogen (secondary N) is 1. The van der Waals surface area contributed by atoms with Crippen LogP contribution in [0.4, 0.5) is 4.79 Å². The van der Waals surface area contributed by atoms with Gasteiger partial charge in [0.1, 0.15) is 5.60 Å². The molecule has 0 aromatic carbocycles. The highest BCUT2D eigenvalue weighted by Gasteiger charge is 2.53. The average Bonchev–Trinajstić information content (AvgIpc) is 2.35. The van der Waals surface area contributed by atoms with Gasteiger partial charge in [-0.05, 0) is 46.6 Å². The lowest BCUT2D eigenvalue weighted by Crippen LogP contribution is -2.64. The summed E-state index contributed by atoms with van der Waals surface area (Å²) >= 11 is 0. The normalized spacial score (nSPS) is 30.6. The van der Waals surface area contributed by atoms with Gasteiger partial charge < -0.3 is 20.1 Å². The molecule has 0 aromatic rings. The maximum absolute atomic E-state index is 12.3. The molecule has 0 radical (unpaired) electrons. The predicted molar refractivity (Wildman–Crippen MR) is 73.5 cm³/mol. The molecule has 2 aliphatic rings. The molecule has 2 unspecified atom stereocenters. The molecule has 2 fully saturated rings. The number of hydrogen-bond acceptors (Lipinski definition) is 4. The first-order valence-corrected chi connectivity index (χ1v) is 7.20. The molecule has 0 saturated carbocycles. The van der Waals surface area contributed by atoms with Crippen molar-refractivity contribution in [1.29, 1.82) is 0 Å². The molecular formula is C14H24N2O4. The van der Waals surface area contributed by atoms with Gasteiger partial charge >= 0.3 is 12.1 Å². The summed E-state index contributed by atoms with van der Waals surface area (Å²) in [6, 6.07) is -0.322. The van der Waals surface area contributed by atoms with Crippen LogP contribution in [0.15, 0.2) is 0 Å². The van der Waals surface area contributed by atoms with Crippen molar-refractivity contribution in [1.82, 2.24) is 10.2 Å². The fourth-order valence-corrected chi connectivity index (χ4v) is 3.23. The topological polar surface area (TPSA) is 78.9 Å². The summed E-state index contributed by atoms with van der Waals surface area (Å²) in [6.45, 7) is 7.22. The first-order chi connectivity index (χ1) is 9.26. The smallest absolute Gasteiger partial charge is 0.410 e. The molecule has 6 heteroatoms. The highest BCUT2D eigenvalue weighted by molar-refractivity contribution is 5.78. The quantitative estimate of drug-likeness (QED) is 0.762. The van der Waals surface area contributed by atoms with Crippen LogP contribution in [0.3, 0.4) is 0 Å². The molecule has 2 rings (SSSR count). The van der Waals surface area contributed by atoms with Crippen LogP contribution in [0, 0.1) is 5.41 Å². The highest BCUT2D eigenvalue weighted by atomic mass is 16.6. The summed E-state index contributed by atoms with van der Waals surface area (Å²) in [7, 11) is 0. The van der Waals surface area contributed by atoms with Crippen LogP contribution in [-0.2, 0) is 9.53 Å². The molecule has 2 heterocycles. The maximum Gasteiger partial charge on any atom is 0.410 e. The van der Waals surface area contributed by atoms with Gasteiger partial charge in [0.25, 0.3) is 0 Å². The minimum absolute atomic E-state index is 0.322. The van der Waals surface area contributed by atoms with Crippen molar-refractivity contribution < 1.29 is 19.4 Å². The van der Waals surface area contributed by atoms with Gasteiger partial charge in [-0.2, -0.15) is 0 Å². The number of carboxylic acid groups (broad SMARTS) is 1. The summed E-state index contributed by atoms with van der Waals surface area (Å²) < 4.78 is 5.42. The number of fused-ring (bicyclic) bond motifs is 1. The van der Waals surface area contributed by atoms with Crippen molar-refractivity contribution >= 4 is 12.1 Å². The molecule has 20 heavy (non-hydrogen) atoms. The van der Waals surface area contributed by atoms with Gasteiger partial charge in [0, 0.05) is 13.1 Å². The number of carboxylic acids is 1. The minimum atomic E-state index is -0.819. The van der Waals surface area contributed by atoms with Crippen molar-refractivity contribution in [2.45, 2.75) is 51.7 Å². The SMILES string of the molecule is CC(C)(C)OC(=O)N1CCCC2(C(=O)O)CCNCC12. The van der Waals surface area contributed by atoms with E-state index in [1.165, 1.54) is 0 Å². The van der Waals surface area contributed by atoms with E-state index in [4.69, 9.17) is 4.74 Å². The van der Waals surface area contributed by atoms with Gasteiger partial charge in [0.05, 0.1) is 11.5 Å². The van der Waals surface area contributed by atoms with E-state index in [0.29, 0.717) is 38.9 Å². The molecule has 2 atom stereocenters. The van der Waals surface area contributed by atoms with E-state index in [9.17, 15) is 14.7 Å². The van der Waals surface area contributed by atoms with E-state index >= 15 is 0 Å². The standard InChI is InChI=1S/C14H24N2O4/c1-13(2,3)20-12(19)16-8-4-5-14(11(17)18)6-7-15-9-10(14)16/h10,15H,4-9H2,1-3H3,(H,17,18). The second-order valence-electron chi connectivity index (χ2n) is 6.71. The van der Waals surface area contributed by atoms with Gasteiger partial charge in [0.15, 0.2) is 0 Å². The highest BCUT2D eigenvalue weighted by Crippen LogP contribution is 2.41. The van der Waals surface area contributed by atoms with Gasteiger partial charge in [-0.3, -0.25) is 4.79 Å². The first kappa shape index (κ1) is 15.1. The Labute approximate surface area is 119 Å². The molecule has 1 amide bonds. The Morgan fingerprint density at radius 1 is 1.35 bits per heavy atom. The molecule has 0 spiro atoms. The zero-order valence-electron chi connectivity index (χ0n) is 12.4. The van der Waals surface area contributed by atoms with Crippen LogP contribution in [0.1, 0.15) is 40.0 Å². The Morgan fingerprint density at radius 2 is 2.05 bits per heavy atom. The number of rotatable bonds is 1. The Kier molecular flexibility index (Phi) is 3.95. The molecule has 2 N–H and O–H groups in total. The number of likely N-dealkylation sites (tertiary alicyclic amines) is 1. The number of carbonyl (C=O) groups is 2. The lowest BCUT2D eigenvalue weighted by atomic mass is 9.69. The number of amides is 1. The van der Waals surface area contributed by atoms with Crippen LogP contribution >= 0.6 is 0 Å². The lowest BCUT2D eigenvalue weighted by Gasteiger charge is -2.50. The third kappa shape index (κ3) is 2.75. The van der Waals surface area contributed by atoms with E-state index in [2.05, 4.69) is 5.32 Å². The Balaban J connectivity index is 2.22. The molecule has 2 saturated heterocycles. The monoisotopic (exact) mass is 284 g/mol. The number of nitrogens with zero attached hydrogens (tertiary/aromatic N) is 1. The Hall–Kier alpha value is -1.30. The van der Waals surface area contributed by atoms with Gasteiger partial charge in [-0.25, -0.2) is 4.79 Å². The maximum atomic E-state index is 12.3. The fraction of sp³-hybridized carbons (Fsp3) is 0.857. The van der Waals surface area contributed by atoms with Crippen LogP contribution in [0.25, 0.3) is 0 Å². The fourth-order valence-electron chi connectivity index (χ4n) is 3.23. The van der Waals surface area contributed by atoms with E-state index in [1.54, 1.807) is 4.90 Å². The summed E-state index contributed by atoms with van der Waals surface area (Å²) in [5.41, 5.74) is -1.39. The van der Waals surface area contributed by atoms with Crippen molar-refractivity contribution in [2.75, 3.05) is 19.6 Å². The lowest BCUT2D eigenvalue weighted by molar-refractivity contribution is -0.159. The third-order valence-corrected chi connectivity index (χ3v) is 4.18. The van der Waals surface area contributed by atoms with Crippen molar-refractivity contribution in [2.24, 2.45) is 5.41 Å². The van der Waals surface area contributed by atoms with Crippen LogP contribution in [0.2, 0.25) is 0 Å². The second-order valence-corrected chi connectivity index (χ2v) is 6.71. The van der Waals surface area contributed by atoms with Gasteiger partial charge in [-0.15, -0.1) is 0 Å². The molecular weight excluding hydrogens is 260 g/mol. The minimum Gasteiger partial charge on any atom is -0.481 e. The second kappa shape index (κ2) is 5.24. The number of piperidine rings is 2. The molecule has 0 bridgehead atoms. The molecule has 6 nitrogen and oxygen atoms in total. The molecule has 2 aliphatic heterocycles. The number of hydrogen-bond donors (Lipinski definition) is 2. The van der Waals surface area contributed by atoms with Crippen molar-refractivity contribution in [3.63, 3.8) is 0 Å². The first-order valence-electron chi connectivity index (χ1n) is 7.20. The van der Waals surface area contributed by atoms with Crippen LogP contribution in [0.5, 0.6) is 0 Å². The average molecular weight is 284 g/mol. The number of carbonyl (C=O) groups excluding carboxylic acids is 1. The predicted octanol–water partition coefficient (Wildman–Crippen LogP) is 1.45. The Bertz CT molecular complexity index is 400.